The highest BCUT2D eigenvalue weighted by Crippen LogP contribution is 2.29. The molecule has 0 saturated carbocycles. The van der Waals surface area contributed by atoms with E-state index in [1.807, 2.05) is 35.2 Å². The first-order valence-corrected chi connectivity index (χ1v) is 13.5. The number of nitrogens with one attached hydrogen (secondary N) is 1. The van der Waals surface area contributed by atoms with Gasteiger partial charge in [0.15, 0.2) is 0 Å². The largest absolute Gasteiger partial charge is 0.480 e. The summed E-state index contributed by atoms with van der Waals surface area (Å²) in [4.78, 5) is 40.9. The van der Waals surface area contributed by atoms with Gasteiger partial charge in [0.05, 0.1) is 0 Å². The summed E-state index contributed by atoms with van der Waals surface area (Å²) in [5, 5.41) is 13.0. The minimum atomic E-state index is -0.855. The number of carbonyl (C=O) groups excluding carboxylic acids is 2. The Morgan fingerprint density at radius 3 is 2.21 bits per heavy atom. The van der Waals surface area contributed by atoms with Crippen LogP contribution in [0.1, 0.15) is 43.2 Å². The zero-order valence-electron chi connectivity index (χ0n) is 21.9. The molecule has 0 aliphatic carbocycles. The van der Waals surface area contributed by atoms with Crippen LogP contribution in [0.4, 0.5) is 8.78 Å². The Kier molecular flexibility index (Phi) is 9.81. The third-order valence-corrected chi connectivity index (χ3v) is 7.70. The Morgan fingerprint density at radius 2 is 1.59 bits per heavy atom. The van der Waals surface area contributed by atoms with Crippen molar-refractivity contribution >= 4 is 23.9 Å². The number of rotatable bonds is 9. The molecule has 0 aromatic heterocycles. The zero-order chi connectivity index (χ0) is 27.8. The van der Waals surface area contributed by atoms with Gasteiger partial charge in [-0.05, 0) is 79.9 Å². The zero-order valence-corrected chi connectivity index (χ0v) is 21.9. The van der Waals surface area contributed by atoms with E-state index in [1.165, 1.54) is 12.2 Å². The smallest absolute Gasteiger partial charge is 0.321 e. The van der Waals surface area contributed by atoms with Crippen molar-refractivity contribution in [2.24, 2.45) is 11.8 Å². The summed E-state index contributed by atoms with van der Waals surface area (Å²) >= 11 is 0. The van der Waals surface area contributed by atoms with Crippen LogP contribution in [0, 0.1) is 23.5 Å². The number of aliphatic carboxylic acids is 1. The van der Waals surface area contributed by atoms with Crippen LogP contribution in [0.25, 0.3) is 6.08 Å². The maximum absolute atomic E-state index is 13.4. The number of likely N-dealkylation sites (tertiary alicyclic amines) is 2. The topological polar surface area (TPSA) is 90.0 Å². The fraction of sp³-hybridized carbons (Fsp3) is 0.433. The van der Waals surface area contributed by atoms with E-state index in [9.17, 15) is 28.3 Å². The van der Waals surface area contributed by atoms with Gasteiger partial charge in [-0.25, -0.2) is 8.78 Å². The van der Waals surface area contributed by atoms with Crippen LogP contribution in [0.3, 0.4) is 0 Å². The number of benzene rings is 2. The van der Waals surface area contributed by atoms with E-state index in [-0.39, 0.29) is 29.2 Å². The number of carboxylic acid groups (broad SMARTS) is 1. The molecule has 0 radical (unpaired) electrons. The summed E-state index contributed by atoms with van der Waals surface area (Å²) in [6.45, 7) is 2.60. The maximum Gasteiger partial charge on any atom is 0.321 e. The molecule has 2 heterocycles. The molecule has 9 heteroatoms. The molecule has 1 atom stereocenters. The Hall–Kier alpha value is -3.59. The van der Waals surface area contributed by atoms with Gasteiger partial charge in [0.25, 0.3) is 0 Å². The number of nitrogens with zero attached hydrogens (tertiary/aromatic N) is 2. The fourth-order valence-corrected chi connectivity index (χ4v) is 5.60. The summed E-state index contributed by atoms with van der Waals surface area (Å²) in [5.74, 6) is -2.39. The molecule has 2 aliphatic heterocycles. The Bertz CT molecular complexity index is 1150. The standard InChI is InChI=1S/C30H35F2N3O4/c31-25-16-23(17-26(32)19-25)6-7-28(37)34-14-10-24(11-15-34)29(30(38)39)35-12-8-21(9-13-35)18-27(36)33-20-22-4-2-1-3-5-22/h1-7,16-17,19,21,24,29H,8-15,18,20H2,(H,33,36)(H,38,39). The van der Waals surface area contributed by atoms with Gasteiger partial charge < -0.3 is 15.3 Å². The van der Waals surface area contributed by atoms with Crippen molar-refractivity contribution in [1.82, 2.24) is 15.1 Å². The van der Waals surface area contributed by atoms with Crippen LogP contribution in [-0.2, 0) is 20.9 Å². The van der Waals surface area contributed by atoms with Gasteiger partial charge in [0.2, 0.25) is 11.8 Å². The SMILES string of the molecule is O=C(CC1CCN(C(C(=O)O)C2CCN(C(=O)C=Cc3cc(F)cc(F)c3)CC2)CC1)NCc1ccccc1. The van der Waals surface area contributed by atoms with Gasteiger partial charge in [-0.1, -0.05) is 30.3 Å². The van der Waals surface area contributed by atoms with Gasteiger partial charge in [-0.2, -0.15) is 0 Å². The molecule has 208 valence electrons. The molecule has 2 N–H and O–H groups in total. The quantitative estimate of drug-likeness (QED) is 0.469. The molecule has 2 aliphatic rings. The van der Waals surface area contributed by atoms with Gasteiger partial charge in [0.1, 0.15) is 17.7 Å². The van der Waals surface area contributed by atoms with Crippen LogP contribution < -0.4 is 5.32 Å². The molecule has 39 heavy (non-hydrogen) atoms. The average Bonchev–Trinajstić information content (AvgIpc) is 2.92. The first kappa shape index (κ1) is 28.4. The molecule has 2 saturated heterocycles. The van der Waals surface area contributed by atoms with Gasteiger partial charge in [0, 0.05) is 38.2 Å². The number of amides is 2. The summed E-state index contributed by atoms with van der Waals surface area (Å²) < 4.78 is 26.7. The number of hydrogen-bond acceptors (Lipinski definition) is 4. The lowest BCUT2D eigenvalue weighted by atomic mass is 9.85. The van der Waals surface area contributed by atoms with Crippen molar-refractivity contribution in [3.63, 3.8) is 0 Å². The van der Waals surface area contributed by atoms with E-state index >= 15 is 0 Å². The third-order valence-electron chi connectivity index (χ3n) is 7.70. The summed E-state index contributed by atoms with van der Waals surface area (Å²) in [5.41, 5.74) is 1.31. The minimum Gasteiger partial charge on any atom is -0.480 e. The normalized spacial score (nSPS) is 18.3. The highest BCUT2D eigenvalue weighted by Gasteiger charge is 2.38. The molecule has 2 aromatic carbocycles. The van der Waals surface area contributed by atoms with E-state index < -0.39 is 23.6 Å². The maximum atomic E-state index is 13.4. The fourth-order valence-electron chi connectivity index (χ4n) is 5.60. The highest BCUT2D eigenvalue weighted by atomic mass is 19.1. The van der Waals surface area contributed by atoms with E-state index in [0.717, 1.165) is 36.6 Å². The van der Waals surface area contributed by atoms with Crippen molar-refractivity contribution in [3.05, 3.63) is 77.4 Å². The predicted molar refractivity (Wildman–Crippen MR) is 143 cm³/mol. The molecular formula is C30H35F2N3O4. The Labute approximate surface area is 227 Å². The molecule has 0 bridgehead atoms. The lowest BCUT2D eigenvalue weighted by Crippen LogP contribution is -2.52. The molecule has 7 nitrogen and oxygen atoms in total. The molecule has 2 aromatic rings. The average molecular weight is 540 g/mol. The van der Waals surface area contributed by atoms with Gasteiger partial charge in [-0.15, -0.1) is 0 Å². The summed E-state index contributed by atoms with van der Waals surface area (Å²) in [7, 11) is 0. The van der Waals surface area contributed by atoms with Crippen LogP contribution >= 0.6 is 0 Å². The number of carbonyl (C=O) groups is 3. The van der Waals surface area contributed by atoms with Crippen molar-refractivity contribution in [2.45, 2.75) is 44.7 Å². The van der Waals surface area contributed by atoms with Crippen LogP contribution in [0.5, 0.6) is 0 Å². The van der Waals surface area contributed by atoms with E-state index in [2.05, 4.69) is 5.32 Å². The van der Waals surface area contributed by atoms with E-state index in [4.69, 9.17) is 0 Å². The first-order valence-electron chi connectivity index (χ1n) is 13.5. The summed E-state index contributed by atoms with van der Waals surface area (Å²) in [6, 6.07) is 12.2. The van der Waals surface area contributed by atoms with Crippen LogP contribution in [-0.4, -0.2) is 64.9 Å². The van der Waals surface area contributed by atoms with Gasteiger partial charge in [-0.3, -0.25) is 19.3 Å². The second-order valence-corrected chi connectivity index (χ2v) is 10.4. The molecule has 4 rings (SSSR count). The van der Waals surface area contributed by atoms with Crippen molar-refractivity contribution in [2.75, 3.05) is 26.2 Å². The van der Waals surface area contributed by atoms with E-state index in [1.54, 1.807) is 4.90 Å². The second kappa shape index (κ2) is 13.5. The van der Waals surface area contributed by atoms with E-state index in [0.29, 0.717) is 52.0 Å². The number of carboxylic acids is 1. The summed E-state index contributed by atoms with van der Waals surface area (Å²) in [6.07, 6.45) is 5.78. The third kappa shape index (κ3) is 8.20. The molecular weight excluding hydrogens is 504 g/mol. The second-order valence-electron chi connectivity index (χ2n) is 10.4. The monoisotopic (exact) mass is 539 g/mol. The predicted octanol–water partition coefficient (Wildman–Crippen LogP) is 4.09. The van der Waals surface area contributed by atoms with Crippen molar-refractivity contribution in [1.29, 1.82) is 0 Å². The molecule has 1 unspecified atom stereocenters. The Balaban J connectivity index is 1.23. The van der Waals surface area contributed by atoms with Crippen molar-refractivity contribution < 1.29 is 28.3 Å². The molecule has 2 fully saturated rings. The lowest BCUT2D eigenvalue weighted by Gasteiger charge is -2.41. The number of piperidine rings is 2. The van der Waals surface area contributed by atoms with Crippen LogP contribution in [0.15, 0.2) is 54.6 Å². The van der Waals surface area contributed by atoms with Crippen LogP contribution in [0.2, 0.25) is 0 Å². The molecule has 2 amide bonds. The first-order chi connectivity index (χ1) is 18.8. The highest BCUT2D eigenvalue weighted by molar-refractivity contribution is 5.91. The lowest BCUT2D eigenvalue weighted by molar-refractivity contribution is -0.147. The Morgan fingerprint density at radius 1 is 0.949 bits per heavy atom. The minimum absolute atomic E-state index is 0.0145. The van der Waals surface area contributed by atoms with Gasteiger partial charge >= 0.3 is 5.97 Å². The number of halogens is 2. The molecule has 0 spiro atoms. The van der Waals surface area contributed by atoms with Crippen molar-refractivity contribution in [3.8, 4) is 0 Å². The number of hydrogen-bond donors (Lipinski definition) is 2.